The monoisotopic (exact) mass is 215 g/mol. The van der Waals surface area contributed by atoms with Gasteiger partial charge in [0.1, 0.15) is 11.6 Å². The van der Waals surface area contributed by atoms with Crippen LogP contribution in [0.4, 0.5) is 0 Å². The number of carbonyl (C=O) groups excluding carboxylic acids is 1. The molecule has 1 aromatic heterocycles. The summed E-state index contributed by atoms with van der Waals surface area (Å²) in [6.45, 7) is 1.63. The van der Waals surface area contributed by atoms with Crippen LogP contribution < -0.4 is 10.9 Å². The fourth-order valence-corrected chi connectivity index (χ4v) is 0.954. The van der Waals surface area contributed by atoms with Gasteiger partial charge in [-0.1, -0.05) is 11.8 Å². The molecule has 1 aromatic rings. The van der Waals surface area contributed by atoms with Gasteiger partial charge in [-0.2, -0.15) is 5.26 Å². The van der Waals surface area contributed by atoms with Gasteiger partial charge in [0.25, 0.3) is 5.56 Å². The van der Waals surface area contributed by atoms with Gasteiger partial charge in [0.2, 0.25) is 5.91 Å². The molecule has 16 heavy (non-hydrogen) atoms. The van der Waals surface area contributed by atoms with Crippen molar-refractivity contribution in [2.75, 3.05) is 6.54 Å². The van der Waals surface area contributed by atoms with Crippen molar-refractivity contribution in [1.29, 1.82) is 5.26 Å². The summed E-state index contributed by atoms with van der Waals surface area (Å²) in [7, 11) is 0. The SMILES string of the molecule is CC(=O)NCC#Cc1c[nH]c(=O)c(C#N)c1. The lowest BCUT2D eigenvalue weighted by Crippen LogP contribution is -2.19. The lowest BCUT2D eigenvalue weighted by Gasteiger charge is -1.92. The average molecular weight is 215 g/mol. The molecule has 2 N–H and O–H groups in total. The second kappa shape index (κ2) is 5.38. The first-order valence-corrected chi connectivity index (χ1v) is 4.49. The Morgan fingerprint density at radius 3 is 3.00 bits per heavy atom. The molecule has 5 heteroatoms. The van der Waals surface area contributed by atoms with Gasteiger partial charge in [-0.15, -0.1) is 0 Å². The molecule has 0 unspecified atom stereocenters. The Morgan fingerprint density at radius 2 is 2.38 bits per heavy atom. The zero-order chi connectivity index (χ0) is 12.0. The molecule has 0 aliphatic heterocycles. The number of rotatable bonds is 1. The molecule has 0 spiro atoms. The number of hydrogen-bond acceptors (Lipinski definition) is 3. The molecule has 0 aliphatic rings. The molecular formula is C11H9N3O2. The third kappa shape index (κ3) is 3.32. The summed E-state index contributed by atoms with van der Waals surface area (Å²) in [5.41, 5.74) is 0.114. The zero-order valence-corrected chi connectivity index (χ0v) is 8.63. The van der Waals surface area contributed by atoms with Gasteiger partial charge < -0.3 is 10.3 Å². The molecule has 0 fully saturated rings. The zero-order valence-electron chi connectivity index (χ0n) is 8.63. The summed E-state index contributed by atoms with van der Waals surface area (Å²) in [4.78, 5) is 24.0. The van der Waals surface area contributed by atoms with Crippen LogP contribution in [0.2, 0.25) is 0 Å². The van der Waals surface area contributed by atoms with E-state index >= 15 is 0 Å². The summed E-state index contributed by atoms with van der Waals surface area (Å²) in [6.07, 6.45) is 1.42. The minimum atomic E-state index is -0.435. The van der Waals surface area contributed by atoms with Crippen LogP contribution in [0.1, 0.15) is 18.1 Å². The van der Waals surface area contributed by atoms with E-state index in [4.69, 9.17) is 5.26 Å². The molecule has 1 rings (SSSR count). The van der Waals surface area contributed by atoms with Gasteiger partial charge >= 0.3 is 0 Å². The van der Waals surface area contributed by atoms with E-state index in [-0.39, 0.29) is 18.0 Å². The predicted molar refractivity (Wildman–Crippen MR) is 57.3 cm³/mol. The molecule has 0 aliphatic carbocycles. The van der Waals surface area contributed by atoms with Crippen LogP contribution in [-0.4, -0.2) is 17.4 Å². The molecule has 0 aromatic carbocycles. The van der Waals surface area contributed by atoms with Gasteiger partial charge in [-0.3, -0.25) is 9.59 Å². The van der Waals surface area contributed by atoms with E-state index in [1.54, 1.807) is 6.07 Å². The predicted octanol–water partition coefficient (Wildman–Crippen LogP) is -0.266. The lowest BCUT2D eigenvalue weighted by atomic mass is 10.2. The van der Waals surface area contributed by atoms with E-state index in [9.17, 15) is 9.59 Å². The van der Waals surface area contributed by atoms with E-state index in [1.807, 2.05) is 0 Å². The first kappa shape index (κ1) is 11.5. The lowest BCUT2D eigenvalue weighted by molar-refractivity contribution is -0.118. The topological polar surface area (TPSA) is 85.8 Å². The van der Waals surface area contributed by atoms with Crippen molar-refractivity contribution in [1.82, 2.24) is 10.3 Å². The normalized spacial score (nSPS) is 8.50. The maximum atomic E-state index is 11.0. The van der Waals surface area contributed by atoms with E-state index in [0.717, 1.165) is 0 Å². The van der Waals surface area contributed by atoms with Crippen molar-refractivity contribution in [3.8, 4) is 17.9 Å². The first-order valence-electron chi connectivity index (χ1n) is 4.49. The van der Waals surface area contributed by atoms with E-state index in [1.165, 1.54) is 19.2 Å². The molecule has 1 amide bonds. The molecule has 0 saturated heterocycles. The number of hydrogen-bond donors (Lipinski definition) is 2. The minimum absolute atomic E-state index is 0.0197. The van der Waals surface area contributed by atoms with Gasteiger partial charge in [0.15, 0.2) is 0 Å². The molecule has 0 bridgehead atoms. The van der Waals surface area contributed by atoms with Gasteiger partial charge in [-0.25, -0.2) is 0 Å². The fourth-order valence-electron chi connectivity index (χ4n) is 0.954. The maximum Gasteiger partial charge on any atom is 0.265 e. The molecule has 0 atom stereocenters. The van der Waals surface area contributed by atoms with Crippen molar-refractivity contribution < 1.29 is 4.79 Å². The Balaban J connectivity index is 2.79. The molecule has 0 radical (unpaired) electrons. The highest BCUT2D eigenvalue weighted by Crippen LogP contribution is 1.94. The van der Waals surface area contributed by atoms with Crippen LogP contribution in [0.3, 0.4) is 0 Å². The fraction of sp³-hybridized carbons (Fsp3) is 0.182. The standard InChI is InChI=1S/C11H9N3O2/c1-8(15)13-4-2-3-9-5-10(6-12)11(16)14-7-9/h5,7H,4H2,1H3,(H,13,15)(H,14,16). The maximum absolute atomic E-state index is 11.0. The van der Waals surface area contributed by atoms with E-state index < -0.39 is 5.56 Å². The van der Waals surface area contributed by atoms with Crippen LogP contribution in [0.25, 0.3) is 0 Å². The number of carbonyl (C=O) groups is 1. The van der Waals surface area contributed by atoms with Crippen molar-refractivity contribution in [3.63, 3.8) is 0 Å². The Morgan fingerprint density at radius 1 is 1.62 bits per heavy atom. The highest BCUT2D eigenvalue weighted by atomic mass is 16.1. The van der Waals surface area contributed by atoms with Crippen molar-refractivity contribution in [2.45, 2.75) is 6.92 Å². The number of nitrogens with one attached hydrogen (secondary N) is 2. The van der Waals surface area contributed by atoms with Crippen molar-refractivity contribution >= 4 is 5.91 Å². The smallest absolute Gasteiger partial charge is 0.265 e. The van der Waals surface area contributed by atoms with Gasteiger partial charge in [0, 0.05) is 18.7 Å². The van der Waals surface area contributed by atoms with E-state index in [0.29, 0.717) is 5.56 Å². The van der Waals surface area contributed by atoms with Crippen LogP contribution in [0, 0.1) is 23.2 Å². The summed E-state index contributed by atoms with van der Waals surface area (Å²) < 4.78 is 0. The minimum Gasteiger partial charge on any atom is -0.345 e. The van der Waals surface area contributed by atoms with Gasteiger partial charge in [0.05, 0.1) is 6.54 Å². The molecular weight excluding hydrogens is 206 g/mol. The first-order chi connectivity index (χ1) is 7.63. The summed E-state index contributed by atoms with van der Waals surface area (Å²) in [5, 5.41) is 11.1. The van der Waals surface area contributed by atoms with Crippen molar-refractivity contribution in [3.05, 3.63) is 33.7 Å². The average Bonchev–Trinajstić information content (AvgIpc) is 2.26. The third-order valence-corrected chi connectivity index (χ3v) is 1.68. The highest BCUT2D eigenvalue weighted by molar-refractivity contribution is 5.73. The number of nitriles is 1. The van der Waals surface area contributed by atoms with Crippen LogP contribution >= 0.6 is 0 Å². The van der Waals surface area contributed by atoms with E-state index in [2.05, 4.69) is 22.1 Å². The third-order valence-electron chi connectivity index (χ3n) is 1.68. The number of amides is 1. The summed E-state index contributed by atoms with van der Waals surface area (Å²) >= 11 is 0. The molecule has 0 saturated carbocycles. The Kier molecular flexibility index (Phi) is 3.88. The Bertz CT molecular complexity index is 555. The van der Waals surface area contributed by atoms with Crippen molar-refractivity contribution in [2.24, 2.45) is 0 Å². The van der Waals surface area contributed by atoms with Gasteiger partial charge in [-0.05, 0) is 6.07 Å². The van der Waals surface area contributed by atoms with Crippen LogP contribution in [-0.2, 0) is 4.79 Å². The summed E-state index contributed by atoms with van der Waals surface area (Å²) in [6, 6.07) is 3.17. The highest BCUT2D eigenvalue weighted by Gasteiger charge is 1.97. The number of aromatic nitrogens is 1. The Hall–Kier alpha value is -2.53. The quantitative estimate of drug-likeness (QED) is 0.632. The number of aromatic amines is 1. The summed E-state index contributed by atoms with van der Waals surface area (Å²) in [5.74, 6) is 5.25. The Labute approximate surface area is 92.1 Å². The largest absolute Gasteiger partial charge is 0.345 e. The molecule has 5 nitrogen and oxygen atoms in total. The second-order valence-electron chi connectivity index (χ2n) is 2.95. The number of H-pyrrole nitrogens is 1. The van der Waals surface area contributed by atoms with Crippen LogP contribution in [0.15, 0.2) is 17.1 Å². The van der Waals surface area contributed by atoms with Crippen LogP contribution in [0.5, 0.6) is 0 Å². The number of nitrogens with zero attached hydrogens (tertiary/aromatic N) is 1. The number of pyridine rings is 1. The molecule has 80 valence electrons. The second-order valence-corrected chi connectivity index (χ2v) is 2.95. The molecule has 1 heterocycles.